The third-order valence-corrected chi connectivity index (χ3v) is 5.80. The Labute approximate surface area is 168 Å². The van der Waals surface area contributed by atoms with E-state index >= 15 is 0 Å². The van der Waals surface area contributed by atoms with E-state index in [9.17, 15) is 0 Å². The van der Waals surface area contributed by atoms with Crippen LogP contribution in [0.1, 0.15) is 23.7 Å². The van der Waals surface area contributed by atoms with Gasteiger partial charge in [0, 0.05) is 51.9 Å². The van der Waals surface area contributed by atoms with E-state index in [1.54, 1.807) is 6.07 Å². The molecule has 5 heteroatoms. The maximum atomic E-state index is 6.41. The Hall–Kier alpha value is -1.45. The lowest BCUT2D eigenvalue weighted by atomic mass is 10.1. The molecule has 1 aliphatic heterocycles. The number of nitrogens with zero attached hydrogens (tertiary/aromatic N) is 2. The summed E-state index contributed by atoms with van der Waals surface area (Å²) in [5.74, 6) is 0. The van der Waals surface area contributed by atoms with Crippen molar-refractivity contribution in [2.75, 3.05) is 13.6 Å². The third kappa shape index (κ3) is 3.16. The first-order valence-electron chi connectivity index (χ1n) is 8.57. The summed E-state index contributed by atoms with van der Waals surface area (Å²) in [6, 6.07) is 11.8. The van der Waals surface area contributed by atoms with Gasteiger partial charge in [0.15, 0.2) is 0 Å². The Morgan fingerprint density at radius 3 is 2.54 bits per heavy atom. The Morgan fingerprint density at radius 2 is 1.77 bits per heavy atom. The minimum absolute atomic E-state index is 0.646. The van der Waals surface area contributed by atoms with Gasteiger partial charge in [-0.1, -0.05) is 40.9 Å². The van der Waals surface area contributed by atoms with Gasteiger partial charge in [-0.15, -0.1) is 0 Å². The number of allylic oxidation sites excluding steroid dienone is 1. The van der Waals surface area contributed by atoms with Crippen molar-refractivity contribution in [1.82, 2.24) is 9.47 Å². The zero-order valence-electron chi connectivity index (χ0n) is 14.7. The minimum Gasteiger partial charge on any atom is -0.320 e. The number of benzene rings is 2. The number of fused-ring (bicyclic) bond motifs is 3. The summed E-state index contributed by atoms with van der Waals surface area (Å²) in [4.78, 5) is 2.35. The molecule has 2 nitrogen and oxygen atoms in total. The summed E-state index contributed by atoms with van der Waals surface area (Å²) < 4.78 is 2.30. The van der Waals surface area contributed by atoms with E-state index in [0.29, 0.717) is 10.0 Å². The van der Waals surface area contributed by atoms with Crippen molar-refractivity contribution in [2.24, 2.45) is 0 Å². The molecule has 3 aromatic rings. The van der Waals surface area contributed by atoms with Crippen LogP contribution < -0.4 is 0 Å². The highest BCUT2D eigenvalue weighted by Gasteiger charge is 2.22. The molecule has 0 spiro atoms. The second-order valence-corrected chi connectivity index (χ2v) is 8.16. The van der Waals surface area contributed by atoms with Gasteiger partial charge in [0.25, 0.3) is 0 Å². The maximum absolute atomic E-state index is 6.41. The van der Waals surface area contributed by atoms with E-state index in [2.05, 4.69) is 41.8 Å². The molecule has 0 atom stereocenters. The molecule has 0 saturated heterocycles. The van der Waals surface area contributed by atoms with Gasteiger partial charge in [-0.3, -0.25) is 0 Å². The zero-order chi connectivity index (χ0) is 18.4. The van der Waals surface area contributed by atoms with Gasteiger partial charge in [-0.25, -0.2) is 0 Å². The highest BCUT2D eigenvalue weighted by atomic mass is 35.5. The van der Waals surface area contributed by atoms with Crippen LogP contribution in [0.5, 0.6) is 0 Å². The summed E-state index contributed by atoms with van der Waals surface area (Å²) in [7, 11) is 2.16. The molecule has 0 radical (unpaired) electrons. The van der Waals surface area contributed by atoms with Crippen molar-refractivity contribution in [3.63, 3.8) is 0 Å². The molecule has 2 heterocycles. The number of aromatic nitrogens is 1. The SMILES string of the molecule is C/C(=C\n1c2c(c3cc(Cl)ccc31)CN(C)CC2)c1ccc(Cl)cc1Cl. The molecular formula is C21H19Cl3N2. The smallest absolute Gasteiger partial charge is 0.0529 e. The van der Waals surface area contributed by atoms with Crippen molar-refractivity contribution >= 4 is 57.5 Å². The molecule has 0 unspecified atom stereocenters. The first-order valence-corrected chi connectivity index (χ1v) is 9.71. The van der Waals surface area contributed by atoms with Crippen LogP contribution in [0.4, 0.5) is 0 Å². The lowest BCUT2D eigenvalue weighted by molar-refractivity contribution is 0.312. The van der Waals surface area contributed by atoms with Crippen LogP contribution in [0.2, 0.25) is 15.1 Å². The molecule has 1 aliphatic rings. The molecule has 0 bridgehead atoms. The molecule has 0 fully saturated rings. The monoisotopic (exact) mass is 404 g/mol. The highest BCUT2D eigenvalue weighted by Crippen LogP contribution is 2.34. The molecular weight excluding hydrogens is 387 g/mol. The van der Waals surface area contributed by atoms with E-state index in [1.165, 1.54) is 22.2 Å². The van der Waals surface area contributed by atoms with Crippen LogP contribution in [0.15, 0.2) is 36.4 Å². The molecule has 2 aromatic carbocycles. The first kappa shape index (κ1) is 17.9. The largest absolute Gasteiger partial charge is 0.320 e. The van der Waals surface area contributed by atoms with Crippen molar-refractivity contribution in [3.8, 4) is 0 Å². The minimum atomic E-state index is 0.646. The maximum Gasteiger partial charge on any atom is 0.0529 e. The van der Waals surface area contributed by atoms with Gasteiger partial charge < -0.3 is 9.47 Å². The fraction of sp³-hybridized carbons (Fsp3) is 0.238. The molecule has 0 N–H and O–H groups in total. The Balaban J connectivity index is 1.91. The van der Waals surface area contributed by atoms with Crippen LogP contribution in [0, 0.1) is 0 Å². The van der Waals surface area contributed by atoms with Gasteiger partial charge in [-0.05, 0) is 61.0 Å². The first-order chi connectivity index (χ1) is 12.4. The van der Waals surface area contributed by atoms with E-state index in [-0.39, 0.29) is 0 Å². The Kier molecular flexibility index (Phi) is 4.79. The van der Waals surface area contributed by atoms with Gasteiger partial charge >= 0.3 is 0 Å². The van der Waals surface area contributed by atoms with Crippen LogP contribution in [0.25, 0.3) is 22.7 Å². The topological polar surface area (TPSA) is 8.17 Å². The number of likely N-dealkylation sites (N-methyl/N-ethyl adjacent to an activating group) is 1. The molecule has 26 heavy (non-hydrogen) atoms. The lowest BCUT2D eigenvalue weighted by Crippen LogP contribution is -2.26. The summed E-state index contributed by atoms with van der Waals surface area (Å²) >= 11 is 18.7. The van der Waals surface area contributed by atoms with Gasteiger partial charge in [-0.2, -0.15) is 0 Å². The zero-order valence-corrected chi connectivity index (χ0v) is 17.0. The highest BCUT2D eigenvalue weighted by molar-refractivity contribution is 6.35. The summed E-state index contributed by atoms with van der Waals surface area (Å²) in [6.45, 7) is 4.07. The van der Waals surface area contributed by atoms with Crippen LogP contribution in [0.3, 0.4) is 0 Å². The van der Waals surface area contributed by atoms with Crippen LogP contribution in [-0.2, 0) is 13.0 Å². The van der Waals surface area contributed by atoms with Crippen molar-refractivity contribution < 1.29 is 0 Å². The van der Waals surface area contributed by atoms with Crippen molar-refractivity contribution in [1.29, 1.82) is 0 Å². The second-order valence-electron chi connectivity index (χ2n) is 6.88. The fourth-order valence-corrected chi connectivity index (χ4v) is 4.45. The molecule has 4 rings (SSSR count). The number of hydrogen-bond donors (Lipinski definition) is 0. The lowest BCUT2D eigenvalue weighted by Gasteiger charge is -2.23. The van der Waals surface area contributed by atoms with Crippen LogP contribution >= 0.6 is 34.8 Å². The predicted molar refractivity (Wildman–Crippen MR) is 113 cm³/mol. The van der Waals surface area contributed by atoms with E-state index in [0.717, 1.165) is 35.7 Å². The van der Waals surface area contributed by atoms with Crippen molar-refractivity contribution in [3.05, 3.63) is 68.3 Å². The van der Waals surface area contributed by atoms with Crippen LogP contribution in [-0.4, -0.2) is 23.1 Å². The van der Waals surface area contributed by atoms with Crippen molar-refractivity contribution in [2.45, 2.75) is 19.9 Å². The van der Waals surface area contributed by atoms with Gasteiger partial charge in [0.1, 0.15) is 0 Å². The molecule has 0 amide bonds. The van der Waals surface area contributed by atoms with E-state index < -0.39 is 0 Å². The average Bonchev–Trinajstić information content (AvgIpc) is 2.87. The number of hydrogen-bond acceptors (Lipinski definition) is 1. The normalized spacial score (nSPS) is 15.5. The summed E-state index contributed by atoms with van der Waals surface area (Å²) in [5, 5.41) is 3.31. The molecule has 1 aromatic heterocycles. The molecule has 134 valence electrons. The van der Waals surface area contributed by atoms with Gasteiger partial charge in [0.2, 0.25) is 0 Å². The van der Waals surface area contributed by atoms with E-state index in [4.69, 9.17) is 34.8 Å². The third-order valence-electron chi connectivity index (χ3n) is 5.02. The second kappa shape index (κ2) is 6.94. The van der Waals surface area contributed by atoms with Gasteiger partial charge in [0.05, 0.1) is 5.52 Å². The Bertz CT molecular complexity index is 1030. The van der Waals surface area contributed by atoms with E-state index in [1.807, 2.05) is 18.2 Å². The average molecular weight is 406 g/mol. The number of rotatable bonds is 2. The Morgan fingerprint density at radius 1 is 1.04 bits per heavy atom. The molecule has 0 aliphatic carbocycles. The summed E-state index contributed by atoms with van der Waals surface area (Å²) in [5.41, 5.74) is 5.99. The standard InChI is InChI=1S/C21H19Cl3N2/c1-13(16-5-3-15(23)10-19(16)24)11-26-20-6-4-14(22)9-17(20)18-12-25(2)8-7-21(18)26/h3-6,9-11H,7-8,12H2,1-2H3/b13-11+. The fourth-order valence-electron chi connectivity index (χ4n) is 3.72. The number of halogens is 3. The quantitative estimate of drug-likeness (QED) is 0.466. The predicted octanol–water partition coefficient (Wildman–Crippen LogP) is 6.61. The summed E-state index contributed by atoms with van der Waals surface area (Å²) in [6.07, 6.45) is 3.19. The molecule has 0 saturated carbocycles.